The van der Waals surface area contributed by atoms with E-state index in [0.717, 1.165) is 8.78 Å². The molecular weight excluding hydrogens is 408 g/mol. The van der Waals surface area contributed by atoms with Crippen LogP contribution < -0.4 is 9.62 Å². The van der Waals surface area contributed by atoms with E-state index in [1.807, 2.05) is 12.1 Å². The Bertz CT molecular complexity index is 941. The van der Waals surface area contributed by atoms with E-state index in [1.165, 1.54) is 24.3 Å². The number of anilines is 2. The molecule has 1 N–H and O–H groups in total. The third-order valence-corrected chi connectivity index (χ3v) is 6.41. The predicted octanol–water partition coefficient (Wildman–Crippen LogP) is 3.01. The molecule has 1 atom stereocenters. The van der Waals surface area contributed by atoms with E-state index < -0.39 is 21.8 Å². The molecule has 3 rings (SSSR count). The summed E-state index contributed by atoms with van der Waals surface area (Å²) < 4.78 is 25.8. The molecule has 1 aliphatic heterocycles. The molecule has 0 radical (unpaired) electrons. The van der Waals surface area contributed by atoms with Crippen molar-refractivity contribution in [1.82, 2.24) is 0 Å². The molecule has 1 fully saturated rings. The van der Waals surface area contributed by atoms with Crippen molar-refractivity contribution in [3.8, 4) is 0 Å². The molecule has 0 aliphatic carbocycles. The van der Waals surface area contributed by atoms with Crippen LogP contribution in [0, 0.1) is 5.92 Å². The number of benzene rings is 2. The maximum atomic E-state index is 12.3. The fourth-order valence-corrected chi connectivity index (χ4v) is 4.80. The number of nitrogens with one attached hydrogen (secondary N) is 1. The van der Waals surface area contributed by atoms with E-state index in [4.69, 9.17) is 0 Å². The van der Waals surface area contributed by atoms with Crippen LogP contribution in [0.25, 0.3) is 0 Å². The number of halogens is 1. The number of sulfonamides is 1. The minimum Gasteiger partial charge on any atom is -0.321 e. The Labute approximate surface area is 154 Å². The van der Waals surface area contributed by atoms with E-state index in [9.17, 15) is 18.0 Å². The highest BCUT2D eigenvalue weighted by molar-refractivity contribution is 9.10. The highest BCUT2D eigenvalue weighted by Gasteiger charge is 2.41. The Morgan fingerprint density at radius 2 is 1.80 bits per heavy atom. The predicted molar refractivity (Wildman–Crippen MR) is 99.0 cm³/mol. The zero-order valence-corrected chi connectivity index (χ0v) is 15.7. The van der Waals surface area contributed by atoms with Crippen molar-refractivity contribution in [1.29, 1.82) is 0 Å². The van der Waals surface area contributed by atoms with Gasteiger partial charge in [0.15, 0.2) is 0 Å². The molecule has 0 saturated carbocycles. The fraction of sp³-hybridized carbons (Fsp3) is 0.176. The second-order valence-corrected chi connectivity index (χ2v) is 8.48. The SMILES string of the molecule is C[C@@H]1CS(=O)(=O)N(c2ccc(C(=O)Nc3ccccc3Br)cc2)C1=O. The van der Waals surface area contributed by atoms with Gasteiger partial charge in [-0.25, -0.2) is 12.7 Å². The largest absolute Gasteiger partial charge is 0.321 e. The quantitative estimate of drug-likeness (QED) is 0.823. The van der Waals surface area contributed by atoms with E-state index in [2.05, 4.69) is 21.2 Å². The second-order valence-electron chi connectivity index (χ2n) is 5.76. The highest BCUT2D eigenvalue weighted by Crippen LogP contribution is 2.28. The summed E-state index contributed by atoms with van der Waals surface area (Å²) in [6.07, 6.45) is 0. The summed E-state index contributed by atoms with van der Waals surface area (Å²) in [4.78, 5) is 24.4. The molecule has 25 heavy (non-hydrogen) atoms. The van der Waals surface area contributed by atoms with Crippen molar-refractivity contribution in [2.45, 2.75) is 6.92 Å². The summed E-state index contributed by atoms with van der Waals surface area (Å²) in [5.74, 6) is -1.55. The van der Waals surface area contributed by atoms with Crippen molar-refractivity contribution in [2.24, 2.45) is 5.92 Å². The van der Waals surface area contributed by atoms with Crippen LogP contribution in [0.4, 0.5) is 11.4 Å². The van der Waals surface area contributed by atoms with Gasteiger partial charge in [-0.3, -0.25) is 9.59 Å². The number of nitrogens with zero attached hydrogens (tertiary/aromatic N) is 1. The summed E-state index contributed by atoms with van der Waals surface area (Å²) in [6.45, 7) is 1.58. The van der Waals surface area contributed by atoms with E-state index in [-0.39, 0.29) is 17.3 Å². The molecular formula is C17H15BrN2O4S. The first kappa shape index (κ1) is 17.6. The van der Waals surface area contributed by atoms with Crippen LogP contribution in [0.2, 0.25) is 0 Å². The standard InChI is InChI=1S/C17H15BrN2O4S/c1-11-10-25(23,24)20(17(11)22)13-8-6-12(7-9-13)16(21)19-15-5-3-2-4-14(15)18/h2-9,11H,10H2,1H3,(H,19,21)/t11-/m1/s1. The van der Waals surface area contributed by atoms with Crippen LogP contribution in [0.15, 0.2) is 53.0 Å². The first-order valence-electron chi connectivity index (χ1n) is 7.52. The molecule has 8 heteroatoms. The lowest BCUT2D eigenvalue weighted by molar-refractivity contribution is -0.119. The highest BCUT2D eigenvalue weighted by atomic mass is 79.9. The first-order chi connectivity index (χ1) is 11.8. The Kier molecular flexibility index (Phi) is 4.66. The summed E-state index contributed by atoms with van der Waals surface area (Å²) >= 11 is 3.35. The first-order valence-corrected chi connectivity index (χ1v) is 9.92. The Hall–Kier alpha value is -2.19. The van der Waals surface area contributed by atoms with Gasteiger partial charge in [0.05, 0.1) is 23.0 Å². The van der Waals surface area contributed by atoms with Crippen LogP contribution in [-0.2, 0) is 14.8 Å². The molecule has 2 aromatic rings. The zero-order valence-electron chi connectivity index (χ0n) is 13.3. The van der Waals surface area contributed by atoms with Crippen molar-refractivity contribution in [3.63, 3.8) is 0 Å². The average Bonchev–Trinajstić information content (AvgIpc) is 2.77. The Morgan fingerprint density at radius 1 is 1.16 bits per heavy atom. The smallest absolute Gasteiger partial charge is 0.255 e. The van der Waals surface area contributed by atoms with Crippen molar-refractivity contribution < 1.29 is 18.0 Å². The number of amides is 2. The van der Waals surface area contributed by atoms with Gasteiger partial charge in [-0.05, 0) is 52.3 Å². The summed E-state index contributed by atoms with van der Waals surface area (Å²) in [5, 5.41) is 2.76. The second kappa shape index (κ2) is 6.61. The number of carbonyl (C=O) groups excluding carboxylic acids is 2. The maximum absolute atomic E-state index is 12.3. The van der Waals surface area contributed by atoms with Gasteiger partial charge in [-0.1, -0.05) is 19.1 Å². The van der Waals surface area contributed by atoms with Gasteiger partial charge in [0.1, 0.15) is 0 Å². The number of hydrogen-bond acceptors (Lipinski definition) is 4. The van der Waals surface area contributed by atoms with Crippen molar-refractivity contribution in [2.75, 3.05) is 15.4 Å². The molecule has 0 aromatic heterocycles. The zero-order chi connectivity index (χ0) is 18.2. The third-order valence-electron chi connectivity index (χ3n) is 3.85. The van der Waals surface area contributed by atoms with Gasteiger partial charge in [0, 0.05) is 10.0 Å². The molecule has 2 amide bonds. The van der Waals surface area contributed by atoms with E-state index in [0.29, 0.717) is 11.3 Å². The van der Waals surface area contributed by atoms with Gasteiger partial charge in [-0.2, -0.15) is 0 Å². The average molecular weight is 423 g/mol. The van der Waals surface area contributed by atoms with Crippen LogP contribution in [0.3, 0.4) is 0 Å². The molecule has 0 bridgehead atoms. The molecule has 1 aliphatic rings. The molecule has 0 unspecified atom stereocenters. The van der Waals surface area contributed by atoms with Gasteiger partial charge in [0.25, 0.3) is 5.91 Å². The summed E-state index contributed by atoms with van der Waals surface area (Å²) in [5.41, 5.74) is 1.23. The van der Waals surface area contributed by atoms with Crippen molar-refractivity contribution >= 4 is 49.1 Å². The Balaban J connectivity index is 1.82. The van der Waals surface area contributed by atoms with Gasteiger partial charge < -0.3 is 5.32 Å². The van der Waals surface area contributed by atoms with Gasteiger partial charge in [-0.15, -0.1) is 0 Å². The van der Waals surface area contributed by atoms with Crippen LogP contribution in [0.5, 0.6) is 0 Å². The molecule has 1 saturated heterocycles. The lowest BCUT2D eigenvalue weighted by Crippen LogP contribution is -2.30. The number of carbonyl (C=O) groups is 2. The van der Waals surface area contributed by atoms with Crippen LogP contribution in [-0.4, -0.2) is 26.0 Å². The molecule has 2 aromatic carbocycles. The minimum absolute atomic E-state index is 0.198. The van der Waals surface area contributed by atoms with E-state index >= 15 is 0 Å². The molecule has 130 valence electrons. The third kappa shape index (κ3) is 3.45. The molecule has 6 nitrogen and oxygen atoms in total. The van der Waals surface area contributed by atoms with Crippen LogP contribution in [0.1, 0.15) is 17.3 Å². The van der Waals surface area contributed by atoms with Crippen LogP contribution >= 0.6 is 15.9 Å². The summed E-state index contributed by atoms with van der Waals surface area (Å²) in [7, 11) is -3.65. The monoisotopic (exact) mass is 422 g/mol. The number of rotatable bonds is 3. The van der Waals surface area contributed by atoms with Crippen molar-refractivity contribution in [3.05, 3.63) is 58.6 Å². The van der Waals surface area contributed by atoms with Gasteiger partial charge >= 0.3 is 0 Å². The Morgan fingerprint density at radius 3 is 2.36 bits per heavy atom. The van der Waals surface area contributed by atoms with Gasteiger partial charge in [0.2, 0.25) is 15.9 Å². The molecule has 1 heterocycles. The lowest BCUT2D eigenvalue weighted by atomic mass is 10.1. The lowest BCUT2D eigenvalue weighted by Gasteiger charge is -2.15. The normalized spacial score (nSPS) is 19.0. The molecule has 0 spiro atoms. The van der Waals surface area contributed by atoms with E-state index in [1.54, 1.807) is 19.1 Å². The number of hydrogen-bond donors (Lipinski definition) is 1. The minimum atomic E-state index is -3.65. The maximum Gasteiger partial charge on any atom is 0.255 e. The topological polar surface area (TPSA) is 83.6 Å². The fourth-order valence-electron chi connectivity index (χ4n) is 2.59. The number of para-hydroxylation sites is 1. The summed E-state index contributed by atoms with van der Waals surface area (Å²) in [6, 6.07) is 13.1.